The van der Waals surface area contributed by atoms with Gasteiger partial charge in [0.15, 0.2) is 0 Å². The standard InChI is InChI=1S/C14H12BrF3N2S/c1-19-7-9-2-4-11(6-12(9)14(16,17)18)21-13-5-3-10(15)8-20-13/h2-6,8,19H,7H2,1H3. The van der Waals surface area contributed by atoms with E-state index in [2.05, 4.69) is 26.2 Å². The van der Waals surface area contributed by atoms with Gasteiger partial charge in [0, 0.05) is 22.1 Å². The summed E-state index contributed by atoms with van der Waals surface area (Å²) in [5.74, 6) is 0. The fourth-order valence-corrected chi connectivity index (χ4v) is 2.80. The number of halogens is 4. The van der Waals surface area contributed by atoms with Gasteiger partial charge in [0.1, 0.15) is 5.03 Å². The van der Waals surface area contributed by atoms with Gasteiger partial charge >= 0.3 is 6.18 Å². The number of nitrogens with one attached hydrogen (secondary N) is 1. The lowest BCUT2D eigenvalue weighted by Crippen LogP contribution is -2.14. The summed E-state index contributed by atoms with van der Waals surface area (Å²) < 4.78 is 40.1. The van der Waals surface area contributed by atoms with E-state index < -0.39 is 11.7 Å². The van der Waals surface area contributed by atoms with Crippen LogP contribution in [-0.2, 0) is 12.7 Å². The Kier molecular flexibility index (Phi) is 5.29. The minimum absolute atomic E-state index is 0.177. The third kappa shape index (κ3) is 4.46. The first kappa shape index (κ1) is 16.3. The Bertz CT molecular complexity index is 615. The number of nitrogens with zero attached hydrogens (tertiary/aromatic N) is 1. The average Bonchev–Trinajstić information content (AvgIpc) is 2.42. The zero-order chi connectivity index (χ0) is 15.5. The van der Waals surface area contributed by atoms with Crippen molar-refractivity contribution in [1.82, 2.24) is 10.3 Å². The zero-order valence-corrected chi connectivity index (χ0v) is 13.4. The van der Waals surface area contributed by atoms with Crippen LogP contribution in [0.25, 0.3) is 0 Å². The van der Waals surface area contributed by atoms with Gasteiger partial charge in [-0.15, -0.1) is 0 Å². The third-order valence-corrected chi connectivity index (χ3v) is 4.09. The number of benzene rings is 1. The van der Waals surface area contributed by atoms with Gasteiger partial charge in [0.05, 0.1) is 5.56 Å². The summed E-state index contributed by atoms with van der Waals surface area (Å²) in [6.07, 6.45) is -2.75. The van der Waals surface area contributed by atoms with E-state index in [0.717, 1.165) is 4.47 Å². The number of hydrogen-bond donors (Lipinski definition) is 1. The second-order valence-corrected chi connectivity index (χ2v) is 6.27. The molecule has 0 saturated carbocycles. The van der Waals surface area contributed by atoms with Gasteiger partial charge in [0.2, 0.25) is 0 Å². The summed E-state index contributed by atoms with van der Waals surface area (Å²) in [4.78, 5) is 4.66. The Morgan fingerprint density at radius 1 is 1.24 bits per heavy atom. The molecule has 21 heavy (non-hydrogen) atoms. The van der Waals surface area contributed by atoms with Crippen LogP contribution in [0, 0.1) is 0 Å². The minimum atomic E-state index is -4.37. The molecule has 1 N–H and O–H groups in total. The molecule has 2 nitrogen and oxygen atoms in total. The second kappa shape index (κ2) is 6.81. The number of hydrogen-bond acceptors (Lipinski definition) is 3. The largest absolute Gasteiger partial charge is 0.416 e. The van der Waals surface area contributed by atoms with E-state index in [1.54, 1.807) is 31.4 Å². The van der Waals surface area contributed by atoms with Crippen molar-refractivity contribution in [2.24, 2.45) is 0 Å². The van der Waals surface area contributed by atoms with Crippen molar-refractivity contribution in [2.75, 3.05) is 7.05 Å². The summed E-state index contributed by atoms with van der Waals surface area (Å²) in [5.41, 5.74) is -0.378. The molecule has 0 aliphatic heterocycles. The molecule has 0 unspecified atom stereocenters. The van der Waals surface area contributed by atoms with Crippen molar-refractivity contribution < 1.29 is 13.2 Å². The van der Waals surface area contributed by atoms with Crippen LogP contribution in [0.4, 0.5) is 13.2 Å². The van der Waals surface area contributed by atoms with Crippen molar-refractivity contribution in [3.8, 4) is 0 Å². The van der Waals surface area contributed by atoms with Gasteiger partial charge < -0.3 is 5.32 Å². The monoisotopic (exact) mass is 376 g/mol. The van der Waals surface area contributed by atoms with Crippen LogP contribution in [-0.4, -0.2) is 12.0 Å². The Morgan fingerprint density at radius 2 is 2.00 bits per heavy atom. The predicted octanol–water partition coefficient (Wildman–Crippen LogP) is 4.73. The van der Waals surface area contributed by atoms with Gasteiger partial charge in [0.25, 0.3) is 0 Å². The average molecular weight is 377 g/mol. The molecule has 2 aromatic rings. The number of aromatic nitrogens is 1. The van der Waals surface area contributed by atoms with Gasteiger partial charge in [-0.2, -0.15) is 13.2 Å². The smallest absolute Gasteiger partial charge is 0.316 e. The summed E-state index contributed by atoms with van der Waals surface area (Å²) in [5, 5.41) is 3.39. The highest BCUT2D eigenvalue weighted by Gasteiger charge is 2.33. The maximum atomic E-state index is 13.1. The van der Waals surface area contributed by atoms with Crippen molar-refractivity contribution in [1.29, 1.82) is 0 Å². The molecule has 0 radical (unpaired) electrons. The molecule has 2 rings (SSSR count). The van der Waals surface area contributed by atoms with Gasteiger partial charge in [-0.05, 0) is 52.8 Å². The number of pyridine rings is 1. The summed E-state index contributed by atoms with van der Waals surface area (Å²) >= 11 is 4.47. The molecule has 0 aliphatic rings. The Morgan fingerprint density at radius 3 is 2.57 bits per heavy atom. The van der Waals surface area contributed by atoms with Crippen molar-refractivity contribution in [3.05, 3.63) is 52.1 Å². The highest BCUT2D eigenvalue weighted by Crippen LogP contribution is 2.36. The van der Waals surface area contributed by atoms with Crippen molar-refractivity contribution in [3.63, 3.8) is 0 Å². The number of alkyl halides is 3. The molecule has 0 bridgehead atoms. The van der Waals surface area contributed by atoms with Gasteiger partial charge in [-0.1, -0.05) is 17.8 Å². The molecule has 0 atom stereocenters. The molecule has 112 valence electrons. The highest BCUT2D eigenvalue weighted by atomic mass is 79.9. The SMILES string of the molecule is CNCc1ccc(Sc2ccc(Br)cn2)cc1C(F)(F)F. The van der Waals surface area contributed by atoms with E-state index in [4.69, 9.17) is 0 Å². The predicted molar refractivity (Wildman–Crippen MR) is 80.3 cm³/mol. The molecule has 7 heteroatoms. The molecule has 1 aromatic heterocycles. The molecule has 0 aliphatic carbocycles. The fraction of sp³-hybridized carbons (Fsp3) is 0.214. The van der Waals surface area contributed by atoms with Crippen LogP contribution in [0.2, 0.25) is 0 Å². The summed E-state index contributed by atoms with van der Waals surface area (Å²) in [7, 11) is 1.62. The Labute approximate surface area is 133 Å². The first-order chi connectivity index (χ1) is 9.90. The lowest BCUT2D eigenvalue weighted by atomic mass is 10.1. The highest BCUT2D eigenvalue weighted by molar-refractivity contribution is 9.10. The molecular weight excluding hydrogens is 365 g/mol. The van der Waals surface area contributed by atoms with Crippen LogP contribution in [0.1, 0.15) is 11.1 Å². The van der Waals surface area contributed by atoms with Crippen LogP contribution >= 0.6 is 27.7 Å². The molecular formula is C14H12BrF3N2S. The van der Waals surface area contributed by atoms with Crippen LogP contribution < -0.4 is 5.32 Å². The van der Waals surface area contributed by atoms with Crippen LogP contribution in [0.3, 0.4) is 0 Å². The van der Waals surface area contributed by atoms with Gasteiger partial charge in [-0.3, -0.25) is 0 Å². The minimum Gasteiger partial charge on any atom is -0.316 e. The maximum Gasteiger partial charge on any atom is 0.416 e. The van der Waals surface area contributed by atoms with Crippen LogP contribution in [0.15, 0.2) is 50.9 Å². The van der Waals surface area contributed by atoms with E-state index in [1.807, 2.05) is 0 Å². The van der Waals surface area contributed by atoms with E-state index in [0.29, 0.717) is 9.92 Å². The quantitative estimate of drug-likeness (QED) is 0.834. The first-order valence-electron chi connectivity index (χ1n) is 6.04. The van der Waals surface area contributed by atoms with Crippen LogP contribution in [0.5, 0.6) is 0 Å². The second-order valence-electron chi connectivity index (χ2n) is 4.26. The molecule has 0 saturated heterocycles. The molecule has 0 amide bonds. The van der Waals surface area contributed by atoms with Crippen molar-refractivity contribution in [2.45, 2.75) is 22.6 Å². The fourth-order valence-electron chi connectivity index (χ4n) is 1.77. The lowest BCUT2D eigenvalue weighted by Gasteiger charge is -2.14. The topological polar surface area (TPSA) is 24.9 Å². The normalized spacial score (nSPS) is 11.7. The summed E-state index contributed by atoms with van der Waals surface area (Å²) in [6.45, 7) is 0.177. The Balaban J connectivity index is 2.31. The zero-order valence-electron chi connectivity index (χ0n) is 11.0. The molecule has 0 spiro atoms. The lowest BCUT2D eigenvalue weighted by molar-refractivity contribution is -0.138. The summed E-state index contributed by atoms with van der Waals surface area (Å²) in [6, 6.07) is 7.90. The number of rotatable bonds is 4. The third-order valence-electron chi connectivity index (χ3n) is 2.68. The van der Waals surface area contributed by atoms with E-state index in [9.17, 15) is 13.2 Å². The molecule has 0 fully saturated rings. The van der Waals surface area contributed by atoms with E-state index >= 15 is 0 Å². The van der Waals surface area contributed by atoms with Gasteiger partial charge in [-0.25, -0.2) is 4.98 Å². The first-order valence-corrected chi connectivity index (χ1v) is 7.65. The molecule has 1 aromatic carbocycles. The maximum absolute atomic E-state index is 13.1. The Hall–Kier alpha value is -1.05. The van der Waals surface area contributed by atoms with E-state index in [1.165, 1.54) is 23.9 Å². The van der Waals surface area contributed by atoms with E-state index in [-0.39, 0.29) is 12.1 Å². The van der Waals surface area contributed by atoms with Crippen molar-refractivity contribution >= 4 is 27.7 Å². The molecule has 1 heterocycles.